The highest BCUT2D eigenvalue weighted by molar-refractivity contribution is 7.18. The van der Waals surface area contributed by atoms with Crippen molar-refractivity contribution >= 4 is 11.3 Å². The third-order valence-corrected chi connectivity index (χ3v) is 5.63. The van der Waals surface area contributed by atoms with E-state index in [1.807, 2.05) is 41.9 Å². The molecule has 2 heterocycles. The average Bonchev–Trinajstić information content (AvgIpc) is 3.30. The van der Waals surface area contributed by atoms with Gasteiger partial charge in [-0.1, -0.05) is 25.1 Å². The van der Waals surface area contributed by atoms with Gasteiger partial charge in [-0.2, -0.15) is 5.10 Å². The van der Waals surface area contributed by atoms with E-state index >= 15 is 0 Å². The van der Waals surface area contributed by atoms with Crippen molar-refractivity contribution in [3.8, 4) is 26.7 Å². The number of nitrogens with zero attached hydrogens (tertiary/aromatic N) is 2. The molecule has 2 nitrogen and oxygen atoms in total. The van der Waals surface area contributed by atoms with E-state index < -0.39 is 11.6 Å². The lowest BCUT2D eigenvalue weighted by Crippen LogP contribution is -2.02. The van der Waals surface area contributed by atoms with Crippen LogP contribution in [0.4, 0.5) is 8.78 Å². The molecular formula is C22H18F2N2S. The number of hydrogen-bond acceptors (Lipinski definition) is 2. The molecule has 0 amide bonds. The predicted octanol–water partition coefficient (Wildman–Crippen LogP) is 6.42. The zero-order valence-corrected chi connectivity index (χ0v) is 15.9. The third-order valence-electron chi connectivity index (χ3n) is 4.48. The maximum atomic E-state index is 14.1. The van der Waals surface area contributed by atoms with Gasteiger partial charge in [-0.15, -0.1) is 11.3 Å². The Morgan fingerprint density at radius 1 is 0.963 bits per heavy atom. The van der Waals surface area contributed by atoms with Gasteiger partial charge >= 0.3 is 0 Å². The van der Waals surface area contributed by atoms with Crippen LogP contribution in [0.25, 0.3) is 26.7 Å². The van der Waals surface area contributed by atoms with Crippen LogP contribution in [-0.2, 0) is 6.42 Å². The summed E-state index contributed by atoms with van der Waals surface area (Å²) < 4.78 is 29.6. The van der Waals surface area contributed by atoms with Gasteiger partial charge in [0.1, 0.15) is 11.6 Å². The quantitative estimate of drug-likeness (QED) is 0.400. The zero-order chi connectivity index (χ0) is 19.0. The second kappa shape index (κ2) is 7.08. The van der Waals surface area contributed by atoms with Gasteiger partial charge in [0, 0.05) is 10.4 Å². The summed E-state index contributed by atoms with van der Waals surface area (Å²) in [6, 6.07) is 17.5. The van der Waals surface area contributed by atoms with Crippen molar-refractivity contribution in [3.63, 3.8) is 0 Å². The van der Waals surface area contributed by atoms with Crippen LogP contribution in [0, 0.1) is 18.6 Å². The lowest BCUT2D eigenvalue weighted by Gasteiger charge is -2.10. The molecule has 27 heavy (non-hydrogen) atoms. The van der Waals surface area contributed by atoms with Crippen LogP contribution >= 0.6 is 11.3 Å². The van der Waals surface area contributed by atoms with Crippen molar-refractivity contribution in [2.45, 2.75) is 20.3 Å². The highest BCUT2D eigenvalue weighted by Gasteiger charge is 2.16. The Labute approximate surface area is 160 Å². The summed E-state index contributed by atoms with van der Waals surface area (Å²) in [6.07, 6.45) is 0.902. The van der Waals surface area contributed by atoms with Crippen LogP contribution in [0.1, 0.15) is 18.2 Å². The first-order chi connectivity index (χ1) is 13.1. The predicted molar refractivity (Wildman–Crippen MR) is 106 cm³/mol. The van der Waals surface area contributed by atoms with Gasteiger partial charge in [0.15, 0.2) is 0 Å². The molecule has 0 fully saturated rings. The van der Waals surface area contributed by atoms with Crippen LogP contribution < -0.4 is 0 Å². The standard InChI is InChI=1S/C22H18F2N2S/c1-3-15-6-4-5-7-19(15)26-20(12-14(2)25-26)22-11-10-21(27-22)17-13-16(23)8-9-18(17)24/h4-13H,3H2,1-2H3. The summed E-state index contributed by atoms with van der Waals surface area (Å²) in [6.45, 7) is 4.07. The molecule has 5 heteroatoms. The van der Waals surface area contributed by atoms with E-state index in [-0.39, 0.29) is 5.56 Å². The largest absolute Gasteiger partial charge is 0.232 e. The lowest BCUT2D eigenvalue weighted by molar-refractivity contribution is 0.603. The normalized spacial score (nSPS) is 11.1. The Hall–Kier alpha value is -2.79. The minimum Gasteiger partial charge on any atom is -0.232 e. The van der Waals surface area contributed by atoms with Gasteiger partial charge in [-0.25, -0.2) is 13.5 Å². The van der Waals surface area contributed by atoms with Gasteiger partial charge < -0.3 is 0 Å². The van der Waals surface area contributed by atoms with Crippen molar-refractivity contribution in [3.05, 3.63) is 83.6 Å². The lowest BCUT2D eigenvalue weighted by atomic mass is 10.1. The molecule has 0 atom stereocenters. The molecule has 0 bridgehead atoms. The molecule has 0 aliphatic heterocycles. The second-order valence-electron chi connectivity index (χ2n) is 6.35. The number of thiophene rings is 1. The summed E-state index contributed by atoms with van der Waals surface area (Å²) in [5.74, 6) is -0.870. The third kappa shape index (κ3) is 3.30. The smallest absolute Gasteiger partial charge is 0.132 e. The number of rotatable bonds is 4. The first kappa shape index (κ1) is 17.6. The Morgan fingerprint density at radius 3 is 2.56 bits per heavy atom. The van der Waals surface area contributed by atoms with Crippen LogP contribution in [0.5, 0.6) is 0 Å². The fraction of sp³-hybridized carbons (Fsp3) is 0.136. The maximum absolute atomic E-state index is 14.1. The van der Waals surface area contributed by atoms with Crippen molar-refractivity contribution in [1.29, 1.82) is 0 Å². The minimum absolute atomic E-state index is 0.281. The van der Waals surface area contributed by atoms with E-state index in [0.29, 0.717) is 4.88 Å². The molecule has 2 aromatic heterocycles. The highest BCUT2D eigenvalue weighted by Crippen LogP contribution is 2.37. The Balaban J connectivity index is 1.82. The van der Waals surface area contributed by atoms with Gasteiger partial charge in [0.25, 0.3) is 0 Å². The van der Waals surface area contributed by atoms with E-state index in [4.69, 9.17) is 0 Å². The number of benzene rings is 2. The zero-order valence-electron chi connectivity index (χ0n) is 15.0. The molecule has 0 saturated heterocycles. The van der Waals surface area contributed by atoms with E-state index in [2.05, 4.69) is 24.2 Å². The summed E-state index contributed by atoms with van der Waals surface area (Å²) in [5, 5.41) is 4.67. The maximum Gasteiger partial charge on any atom is 0.132 e. The Bertz CT molecular complexity index is 1110. The molecule has 4 rings (SSSR count). The van der Waals surface area contributed by atoms with Crippen LogP contribution in [0.15, 0.2) is 60.7 Å². The number of hydrogen-bond donors (Lipinski definition) is 0. The fourth-order valence-electron chi connectivity index (χ4n) is 3.18. The molecule has 0 aliphatic rings. The van der Waals surface area contributed by atoms with Crippen molar-refractivity contribution < 1.29 is 8.78 Å². The Morgan fingerprint density at radius 2 is 1.74 bits per heavy atom. The number of para-hydroxylation sites is 1. The first-order valence-corrected chi connectivity index (χ1v) is 9.59. The van der Waals surface area contributed by atoms with Gasteiger partial charge in [-0.3, -0.25) is 0 Å². The van der Waals surface area contributed by atoms with E-state index in [1.165, 1.54) is 23.0 Å². The van der Waals surface area contributed by atoms with E-state index in [1.54, 1.807) is 0 Å². The van der Waals surface area contributed by atoms with Gasteiger partial charge in [0.2, 0.25) is 0 Å². The van der Waals surface area contributed by atoms with Crippen molar-refractivity contribution in [2.24, 2.45) is 0 Å². The summed E-state index contributed by atoms with van der Waals surface area (Å²) in [4.78, 5) is 1.65. The fourth-order valence-corrected chi connectivity index (χ4v) is 4.21. The second-order valence-corrected chi connectivity index (χ2v) is 7.44. The Kier molecular flexibility index (Phi) is 4.62. The summed E-state index contributed by atoms with van der Waals surface area (Å²) >= 11 is 1.43. The van der Waals surface area contributed by atoms with Crippen molar-refractivity contribution in [2.75, 3.05) is 0 Å². The topological polar surface area (TPSA) is 17.8 Å². The first-order valence-electron chi connectivity index (χ1n) is 8.77. The highest BCUT2D eigenvalue weighted by atomic mass is 32.1. The molecule has 2 aromatic carbocycles. The molecular weight excluding hydrogens is 362 g/mol. The molecule has 0 aliphatic carbocycles. The van der Waals surface area contributed by atoms with Gasteiger partial charge in [0.05, 0.1) is 22.0 Å². The molecule has 0 N–H and O–H groups in total. The molecule has 0 spiro atoms. The van der Waals surface area contributed by atoms with Crippen molar-refractivity contribution in [1.82, 2.24) is 9.78 Å². The number of aromatic nitrogens is 2. The van der Waals surface area contributed by atoms with Crippen LogP contribution in [0.2, 0.25) is 0 Å². The summed E-state index contributed by atoms with van der Waals surface area (Å²) in [7, 11) is 0. The molecule has 4 aromatic rings. The number of halogens is 2. The molecule has 0 saturated carbocycles. The van der Waals surface area contributed by atoms with E-state index in [0.717, 1.165) is 40.5 Å². The van der Waals surface area contributed by atoms with Gasteiger partial charge in [-0.05, 0) is 61.4 Å². The van der Waals surface area contributed by atoms with E-state index in [9.17, 15) is 8.78 Å². The molecule has 136 valence electrons. The molecule has 0 unspecified atom stereocenters. The average molecular weight is 380 g/mol. The van der Waals surface area contributed by atoms with Crippen LogP contribution in [-0.4, -0.2) is 9.78 Å². The monoisotopic (exact) mass is 380 g/mol. The minimum atomic E-state index is -0.445. The molecule has 0 radical (unpaired) electrons. The summed E-state index contributed by atoms with van der Waals surface area (Å²) in [5.41, 5.74) is 4.37. The van der Waals surface area contributed by atoms with Crippen LogP contribution in [0.3, 0.4) is 0 Å². The number of aryl methyl sites for hydroxylation is 2. The SMILES string of the molecule is CCc1ccccc1-n1nc(C)cc1-c1ccc(-c2cc(F)ccc2F)s1.